The van der Waals surface area contributed by atoms with Crippen molar-refractivity contribution in [1.82, 2.24) is 9.78 Å². The Morgan fingerprint density at radius 2 is 1.62 bits per heavy atom. The molecular weight excluding hydrogens is 465 g/mol. The third kappa shape index (κ3) is 3.89. The van der Waals surface area contributed by atoms with E-state index in [1.54, 1.807) is 37.3 Å². The molecule has 3 aromatic rings. The summed E-state index contributed by atoms with van der Waals surface area (Å²) in [7, 11) is -3.99. The summed E-state index contributed by atoms with van der Waals surface area (Å²) in [5.74, 6) is -0.0158. The van der Waals surface area contributed by atoms with Gasteiger partial charge in [0.25, 0.3) is 0 Å². The van der Waals surface area contributed by atoms with Gasteiger partial charge in [-0.1, -0.05) is 30.3 Å². The van der Waals surface area contributed by atoms with E-state index < -0.39 is 33.0 Å². The SMILES string of the molecule is CC1=Nc2cc(C(F)(F)F)nn2C(c2ccc(N3CCCC3)cc2)C1S(=O)(=O)c1ccccc1. The van der Waals surface area contributed by atoms with E-state index in [4.69, 9.17) is 0 Å². The average molecular weight is 489 g/mol. The van der Waals surface area contributed by atoms with Crippen LogP contribution in [0.4, 0.5) is 24.7 Å². The Balaban J connectivity index is 1.65. The topological polar surface area (TPSA) is 67.6 Å². The van der Waals surface area contributed by atoms with Crippen LogP contribution in [0.1, 0.15) is 37.1 Å². The van der Waals surface area contributed by atoms with Crippen molar-refractivity contribution < 1.29 is 21.6 Å². The van der Waals surface area contributed by atoms with Crippen molar-refractivity contribution in [2.45, 2.75) is 42.1 Å². The summed E-state index contributed by atoms with van der Waals surface area (Å²) in [6, 6.07) is 15.1. The van der Waals surface area contributed by atoms with Crippen molar-refractivity contribution in [3.8, 4) is 0 Å². The molecule has 0 radical (unpaired) electrons. The molecule has 5 rings (SSSR count). The van der Waals surface area contributed by atoms with Gasteiger partial charge >= 0.3 is 6.18 Å². The van der Waals surface area contributed by atoms with Gasteiger partial charge in [-0.15, -0.1) is 0 Å². The van der Waals surface area contributed by atoms with Crippen molar-refractivity contribution in [3.63, 3.8) is 0 Å². The molecule has 2 aromatic carbocycles. The van der Waals surface area contributed by atoms with Gasteiger partial charge in [0.1, 0.15) is 11.3 Å². The second kappa shape index (κ2) is 8.26. The first-order valence-corrected chi connectivity index (χ1v) is 12.6. The van der Waals surface area contributed by atoms with Crippen LogP contribution in [-0.2, 0) is 16.0 Å². The molecule has 2 aliphatic heterocycles. The molecule has 1 aromatic heterocycles. The lowest BCUT2D eigenvalue weighted by atomic mass is 9.99. The fourth-order valence-corrected chi connectivity index (χ4v) is 6.68. The van der Waals surface area contributed by atoms with Gasteiger partial charge in [0.15, 0.2) is 21.3 Å². The molecule has 0 aliphatic carbocycles. The Labute approximate surface area is 195 Å². The lowest BCUT2D eigenvalue weighted by Crippen LogP contribution is -2.41. The van der Waals surface area contributed by atoms with Crippen LogP contribution in [0.2, 0.25) is 0 Å². The van der Waals surface area contributed by atoms with Gasteiger partial charge in [0, 0.05) is 30.6 Å². The highest BCUT2D eigenvalue weighted by molar-refractivity contribution is 7.92. The fourth-order valence-electron chi connectivity index (χ4n) is 4.74. The number of rotatable bonds is 4. The third-order valence-electron chi connectivity index (χ3n) is 6.37. The Morgan fingerprint density at radius 3 is 2.24 bits per heavy atom. The predicted octanol–water partition coefficient (Wildman–Crippen LogP) is 5.04. The maximum absolute atomic E-state index is 13.7. The van der Waals surface area contributed by atoms with Gasteiger partial charge in [0.2, 0.25) is 0 Å². The molecule has 2 aliphatic rings. The van der Waals surface area contributed by atoms with Gasteiger partial charge in [-0.2, -0.15) is 18.3 Å². The summed E-state index contributed by atoms with van der Waals surface area (Å²) in [5, 5.41) is 2.57. The Morgan fingerprint density at radius 1 is 0.971 bits per heavy atom. The minimum absolute atomic E-state index is 0.0158. The Hall–Kier alpha value is -3.14. The van der Waals surface area contributed by atoms with Crippen LogP contribution in [0.25, 0.3) is 0 Å². The average Bonchev–Trinajstić information content (AvgIpc) is 3.49. The van der Waals surface area contributed by atoms with Crippen LogP contribution < -0.4 is 4.90 Å². The number of sulfone groups is 1. The number of hydrogen-bond donors (Lipinski definition) is 0. The summed E-state index contributed by atoms with van der Waals surface area (Å²) >= 11 is 0. The minimum Gasteiger partial charge on any atom is -0.372 e. The number of fused-ring (bicyclic) bond motifs is 1. The van der Waals surface area contributed by atoms with Gasteiger partial charge in [-0.05, 0) is 49.6 Å². The highest BCUT2D eigenvalue weighted by atomic mass is 32.2. The van der Waals surface area contributed by atoms with Crippen LogP contribution >= 0.6 is 0 Å². The van der Waals surface area contributed by atoms with Crippen LogP contribution in [-0.4, -0.2) is 42.2 Å². The molecule has 3 heterocycles. The molecule has 2 atom stereocenters. The quantitative estimate of drug-likeness (QED) is 0.516. The van der Waals surface area contributed by atoms with E-state index >= 15 is 0 Å². The highest BCUT2D eigenvalue weighted by Gasteiger charge is 2.45. The second-order valence-corrected chi connectivity index (χ2v) is 10.7. The van der Waals surface area contributed by atoms with Crippen molar-refractivity contribution in [2.24, 2.45) is 4.99 Å². The molecule has 1 saturated heterocycles. The zero-order valence-electron chi connectivity index (χ0n) is 18.4. The number of nitrogens with zero attached hydrogens (tertiary/aromatic N) is 4. The lowest BCUT2D eigenvalue weighted by Gasteiger charge is -2.32. The Bertz CT molecular complexity index is 1330. The van der Waals surface area contributed by atoms with Gasteiger partial charge in [-0.25, -0.2) is 18.1 Å². The molecule has 0 saturated carbocycles. The Kier molecular flexibility index (Phi) is 5.50. The fraction of sp³-hybridized carbons (Fsp3) is 0.333. The number of alkyl halides is 3. The molecule has 34 heavy (non-hydrogen) atoms. The number of hydrogen-bond acceptors (Lipinski definition) is 5. The largest absolute Gasteiger partial charge is 0.435 e. The summed E-state index contributed by atoms with van der Waals surface area (Å²) in [5.41, 5.74) is 0.676. The first-order valence-electron chi connectivity index (χ1n) is 11.0. The standard InChI is InChI=1S/C24H23F3N4O2S/c1-16-23(34(32,33)19-7-3-2-4-8-19)22(31-21(28-16)15-20(29-31)24(25,26)27)17-9-11-18(12-10-17)30-13-5-6-14-30/h2-4,7-12,15,22-23H,5-6,13-14H2,1H3. The highest BCUT2D eigenvalue weighted by Crippen LogP contribution is 2.41. The monoisotopic (exact) mass is 488 g/mol. The number of halogens is 3. The smallest absolute Gasteiger partial charge is 0.372 e. The summed E-state index contributed by atoms with van der Waals surface area (Å²) in [6.45, 7) is 3.43. The van der Waals surface area contributed by atoms with Crippen LogP contribution in [0, 0.1) is 0 Å². The molecular formula is C24H23F3N4O2S. The van der Waals surface area contributed by atoms with Gasteiger partial charge in [0.05, 0.1) is 4.90 Å². The van der Waals surface area contributed by atoms with E-state index in [1.807, 2.05) is 12.1 Å². The van der Waals surface area contributed by atoms with E-state index in [-0.39, 0.29) is 16.4 Å². The molecule has 0 bridgehead atoms. The normalized spacial score (nSPS) is 20.8. The summed E-state index contributed by atoms with van der Waals surface area (Å²) in [6.07, 6.45) is -2.46. The zero-order chi connectivity index (χ0) is 24.1. The van der Waals surface area contributed by atoms with Crippen LogP contribution in [0.15, 0.2) is 70.6 Å². The minimum atomic E-state index is -4.67. The summed E-state index contributed by atoms with van der Waals surface area (Å²) in [4.78, 5) is 6.56. The number of aliphatic imine (C=N–C) groups is 1. The van der Waals surface area contributed by atoms with Gasteiger partial charge < -0.3 is 4.90 Å². The maximum atomic E-state index is 13.7. The third-order valence-corrected chi connectivity index (χ3v) is 8.57. The molecule has 178 valence electrons. The second-order valence-electron chi connectivity index (χ2n) is 8.59. The predicted molar refractivity (Wildman–Crippen MR) is 123 cm³/mol. The lowest BCUT2D eigenvalue weighted by molar-refractivity contribution is -0.141. The van der Waals surface area contributed by atoms with Crippen LogP contribution in [0.3, 0.4) is 0 Å². The number of benzene rings is 2. The summed E-state index contributed by atoms with van der Waals surface area (Å²) < 4.78 is 69.0. The molecule has 6 nitrogen and oxygen atoms in total. The molecule has 2 unspecified atom stereocenters. The van der Waals surface area contributed by atoms with Crippen LogP contribution in [0.5, 0.6) is 0 Å². The zero-order valence-corrected chi connectivity index (χ0v) is 19.2. The van der Waals surface area contributed by atoms with E-state index in [9.17, 15) is 21.6 Å². The van der Waals surface area contributed by atoms with Crippen molar-refractivity contribution in [1.29, 1.82) is 0 Å². The van der Waals surface area contributed by atoms with E-state index in [2.05, 4.69) is 15.0 Å². The van der Waals surface area contributed by atoms with Gasteiger partial charge in [-0.3, -0.25) is 0 Å². The molecule has 0 N–H and O–H groups in total. The first-order chi connectivity index (χ1) is 16.2. The van der Waals surface area contributed by atoms with Crippen molar-refractivity contribution in [3.05, 3.63) is 71.9 Å². The van der Waals surface area contributed by atoms with E-state index in [0.717, 1.165) is 42.4 Å². The van der Waals surface area contributed by atoms with E-state index in [1.165, 1.54) is 12.1 Å². The molecule has 10 heteroatoms. The maximum Gasteiger partial charge on any atom is 0.435 e. The number of aromatic nitrogens is 2. The van der Waals surface area contributed by atoms with Crippen molar-refractivity contribution >= 4 is 27.1 Å². The van der Waals surface area contributed by atoms with Crippen molar-refractivity contribution in [2.75, 3.05) is 18.0 Å². The molecule has 0 spiro atoms. The first kappa shape index (κ1) is 22.6. The molecule has 1 fully saturated rings. The molecule has 0 amide bonds. The van der Waals surface area contributed by atoms with E-state index in [0.29, 0.717) is 5.56 Å². The number of anilines is 1.